The van der Waals surface area contributed by atoms with Gasteiger partial charge in [0.15, 0.2) is 0 Å². The summed E-state index contributed by atoms with van der Waals surface area (Å²) in [5, 5.41) is 8.10. The molecular formula is C20H18F2N4. The van der Waals surface area contributed by atoms with E-state index in [9.17, 15) is 8.78 Å². The molecule has 0 fully saturated rings. The summed E-state index contributed by atoms with van der Waals surface area (Å²) >= 11 is 0. The molecule has 0 saturated carbocycles. The van der Waals surface area contributed by atoms with E-state index in [1.54, 1.807) is 6.20 Å². The molecule has 0 spiro atoms. The molecule has 0 unspecified atom stereocenters. The normalized spacial score (nSPS) is 14.8. The number of rotatable bonds is 2. The second-order valence-electron chi connectivity index (χ2n) is 6.44. The largest absolute Gasteiger partial charge is 0.338 e. The summed E-state index contributed by atoms with van der Waals surface area (Å²) < 4.78 is 27.7. The minimum Gasteiger partial charge on any atom is -0.338 e. The van der Waals surface area contributed by atoms with Gasteiger partial charge in [-0.1, -0.05) is 6.07 Å². The number of fused-ring (bicyclic) bond motifs is 1. The van der Waals surface area contributed by atoms with Gasteiger partial charge < -0.3 is 9.80 Å². The van der Waals surface area contributed by atoms with E-state index in [0.717, 1.165) is 41.7 Å². The Morgan fingerprint density at radius 3 is 2.58 bits per heavy atom. The average Bonchev–Trinajstić information content (AvgIpc) is 2.80. The zero-order valence-corrected chi connectivity index (χ0v) is 14.4. The van der Waals surface area contributed by atoms with Gasteiger partial charge in [-0.05, 0) is 49.0 Å². The van der Waals surface area contributed by atoms with Crippen LogP contribution in [-0.2, 0) is 6.54 Å². The van der Waals surface area contributed by atoms with Crippen molar-refractivity contribution in [2.75, 3.05) is 25.0 Å². The molecule has 1 aliphatic rings. The summed E-state index contributed by atoms with van der Waals surface area (Å²) in [6.07, 6.45) is 1.64. The zero-order valence-electron chi connectivity index (χ0n) is 14.4. The van der Waals surface area contributed by atoms with E-state index in [-0.39, 0.29) is 0 Å². The number of anilines is 2. The van der Waals surface area contributed by atoms with Crippen LogP contribution in [-0.4, -0.2) is 35.2 Å². The molecule has 132 valence electrons. The number of hydrogen-bond donors (Lipinski definition) is 0. The number of benzene rings is 2. The third kappa shape index (κ3) is 3.15. The van der Waals surface area contributed by atoms with E-state index in [2.05, 4.69) is 21.2 Å². The molecule has 4 rings (SSSR count). The molecule has 6 heteroatoms. The number of likely N-dealkylation sites (N-methyl/N-ethyl adjacent to an activating group) is 1. The van der Waals surface area contributed by atoms with Gasteiger partial charge in [0.05, 0.1) is 11.4 Å². The van der Waals surface area contributed by atoms with Crippen LogP contribution in [0, 0.1) is 11.6 Å². The monoisotopic (exact) mass is 352 g/mol. The molecule has 2 heterocycles. The average molecular weight is 352 g/mol. The maximum absolute atomic E-state index is 14.4. The lowest BCUT2D eigenvalue weighted by atomic mass is 10.0. The van der Waals surface area contributed by atoms with Gasteiger partial charge in [0.2, 0.25) is 0 Å². The topological polar surface area (TPSA) is 32.3 Å². The molecule has 1 aromatic heterocycles. The molecular weight excluding hydrogens is 334 g/mol. The highest BCUT2D eigenvalue weighted by atomic mass is 19.1. The maximum Gasteiger partial charge on any atom is 0.149 e. The van der Waals surface area contributed by atoms with Crippen molar-refractivity contribution in [2.24, 2.45) is 0 Å². The standard InChI is InChI=1S/C20H18F2N4/c1-25-9-10-26(20-7-5-16(21)12-17(20)22)19-6-4-14(11-15(19)13-25)18-3-2-8-23-24-18/h2-8,11-12H,9-10,13H2,1H3. The van der Waals surface area contributed by atoms with Gasteiger partial charge in [-0.25, -0.2) is 8.78 Å². The van der Waals surface area contributed by atoms with Crippen molar-refractivity contribution in [1.29, 1.82) is 0 Å². The Bertz CT molecular complexity index is 930. The Kier molecular flexibility index (Phi) is 4.34. The van der Waals surface area contributed by atoms with Crippen LogP contribution < -0.4 is 4.90 Å². The smallest absolute Gasteiger partial charge is 0.149 e. The molecule has 0 saturated heterocycles. The molecule has 0 bridgehead atoms. The first-order chi connectivity index (χ1) is 12.6. The molecule has 2 aromatic carbocycles. The number of hydrogen-bond acceptors (Lipinski definition) is 4. The van der Waals surface area contributed by atoms with Crippen molar-refractivity contribution in [3.8, 4) is 11.3 Å². The summed E-state index contributed by atoms with van der Waals surface area (Å²) in [7, 11) is 2.03. The van der Waals surface area contributed by atoms with Crippen LogP contribution in [0.15, 0.2) is 54.7 Å². The van der Waals surface area contributed by atoms with Crippen molar-refractivity contribution in [3.63, 3.8) is 0 Å². The second kappa shape index (κ2) is 6.80. The predicted molar refractivity (Wildman–Crippen MR) is 97.2 cm³/mol. The Morgan fingerprint density at radius 1 is 0.962 bits per heavy atom. The third-order valence-corrected chi connectivity index (χ3v) is 4.58. The Balaban J connectivity index is 1.80. The van der Waals surface area contributed by atoms with Crippen molar-refractivity contribution < 1.29 is 8.78 Å². The summed E-state index contributed by atoms with van der Waals surface area (Å²) in [5.74, 6) is -1.13. The Labute approximate surface area is 150 Å². The minimum atomic E-state index is -0.573. The van der Waals surface area contributed by atoms with Gasteiger partial charge in [-0.15, -0.1) is 0 Å². The fourth-order valence-electron chi connectivity index (χ4n) is 3.30. The molecule has 4 nitrogen and oxygen atoms in total. The van der Waals surface area contributed by atoms with Gasteiger partial charge in [0, 0.05) is 43.1 Å². The first kappa shape index (κ1) is 16.6. The van der Waals surface area contributed by atoms with Gasteiger partial charge in [-0.2, -0.15) is 10.2 Å². The van der Waals surface area contributed by atoms with E-state index in [1.165, 1.54) is 12.1 Å². The lowest BCUT2D eigenvalue weighted by molar-refractivity contribution is 0.343. The van der Waals surface area contributed by atoms with Crippen LogP contribution in [0.1, 0.15) is 5.56 Å². The van der Waals surface area contributed by atoms with E-state index in [4.69, 9.17) is 0 Å². The molecule has 0 radical (unpaired) electrons. The predicted octanol–water partition coefficient (Wildman–Crippen LogP) is 4.01. The SMILES string of the molecule is CN1CCN(c2ccc(F)cc2F)c2ccc(-c3cccnn3)cc2C1. The number of halogens is 2. The van der Waals surface area contributed by atoms with E-state index < -0.39 is 11.6 Å². The van der Waals surface area contributed by atoms with Gasteiger partial charge >= 0.3 is 0 Å². The van der Waals surface area contributed by atoms with E-state index in [0.29, 0.717) is 12.2 Å². The Morgan fingerprint density at radius 2 is 1.81 bits per heavy atom. The van der Waals surface area contributed by atoms with Gasteiger partial charge in [-0.3, -0.25) is 0 Å². The number of nitrogens with zero attached hydrogens (tertiary/aromatic N) is 4. The maximum atomic E-state index is 14.4. The fraction of sp³-hybridized carbons (Fsp3) is 0.200. The number of aromatic nitrogens is 2. The van der Waals surface area contributed by atoms with Crippen LogP contribution in [0.3, 0.4) is 0 Å². The third-order valence-electron chi connectivity index (χ3n) is 4.58. The second-order valence-corrected chi connectivity index (χ2v) is 6.44. The molecule has 26 heavy (non-hydrogen) atoms. The first-order valence-electron chi connectivity index (χ1n) is 8.44. The first-order valence-corrected chi connectivity index (χ1v) is 8.44. The quantitative estimate of drug-likeness (QED) is 0.698. The molecule has 0 aliphatic carbocycles. The molecule has 1 aliphatic heterocycles. The van der Waals surface area contributed by atoms with Gasteiger partial charge in [0.1, 0.15) is 11.6 Å². The molecule has 0 amide bonds. The fourth-order valence-corrected chi connectivity index (χ4v) is 3.30. The van der Waals surface area contributed by atoms with Crippen LogP contribution in [0.4, 0.5) is 20.2 Å². The highest BCUT2D eigenvalue weighted by Gasteiger charge is 2.22. The van der Waals surface area contributed by atoms with E-state index >= 15 is 0 Å². The summed E-state index contributed by atoms with van der Waals surface area (Å²) in [6.45, 7) is 2.13. The van der Waals surface area contributed by atoms with Crippen LogP contribution in [0.2, 0.25) is 0 Å². The van der Waals surface area contributed by atoms with Gasteiger partial charge in [0.25, 0.3) is 0 Å². The highest BCUT2D eigenvalue weighted by molar-refractivity contribution is 5.72. The van der Waals surface area contributed by atoms with E-state index in [1.807, 2.05) is 36.2 Å². The van der Waals surface area contributed by atoms with Crippen molar-refractivity contribution >= 4 is 11.4 Å². The lowest BCUT2D eigenvalue weighted by Crippen LogP contribution is -2.26. The molecule has 3 aromatic rings. The van der Waals surface area contributed by atoms with Crippen molar-refractivity contribution in [1.82, 2.24) is 15.1 Å². The molecule has 0 N–H and O–H groups in total. The highest BCUT2D eigenvalue weighted by Crippen LogP contribution is 2.35. The zero-order chi connectivity index (χ0) is 18.1. The lowest BCUT2D eigenvalue weighted by Gasteiger charge is -2.25. The van der Waals surface area contributed by atoms with Crippen molar-refractivity contribution in [2.45, 2.75) is 6.54 Å². The Hall–Kier alpha value is -2.86. The summed E-state index contributed by atoms with van der Waals surface area (Å²) in [5.41, 5.74) is 4.13. The molecule has 0 atom stereocenters. The minimum absolute atomic E-state index is 0.384. The summed E-state index contributed by atoms with van der Waals surface area (Å²) in [4.78, 5) is 4.09. The van der Waals surface area contributed by atoms with Crippen LogP contribution in [0.5, 0.6) is 0 Å². The van der Waals surface area contributed by atoms with Crippen LogP contribution >= 0.6 is 0 Å². The van der Waals surface area contributed by atoms with Crippen LogP contribution in [0.25, 0.3) is 11.3 Å². The van der Waals surface area contributed by atoms with Crippen molar-refractivity contribution in [3.05, 3.63) is 71.9 Å². The summed E-state index contributed by atoms with van der Waals surface area (Å²) in [6, 6.07) is 13.5.